The Hall–Kier alpha value is -2.05. The fraction of sp³-hybridized carbons (Fsp3) is 0.542. The van der Waals surface area contributed by atoms with E-state index in [0.717, 1.165) is 64.4 Å². The normalized spacial score (nSPS) is 18.3. The Balaban J connectivity index is 1.27. The molecular weight excluding hydrogens is 394 g/mol. The van der Waals surface area contributed by atoms with Gasteiger partial charge in [-0.05, 0) is 55.8 Å². The Bertz CT molecular complexity index is 842. The molecule has 1 aromatic carbocycles. The van der Waals surface area contributed by atoms with Crippen molar-refractivity contribution >= 4 is 22.9 Å². The first kappa shape index (κ1) is 21.2. The zero-order chi connectivity index (χ0) is 20.9. The van der Waals surface area contributed by atoms with Crippen LogP contribution < -0.4 is 9.64 Å². The molecule has 1 amide bonds. The molecule has 1 aromatic heterocycles. The summed E-state index contributed by atoms with van der Waals surface area (Å²) in [4.78, 5) is 20.5. The number of benzene rings is 1. The number of hydrogen-bond donors (Lipinski definition) is 0. The summed E-state index contributed by atoms with van der Waals surface area (Å²) in [6.07, 6.45) is 3.10. The van der Waals surface area contributed by atoms with Crippen LogP contribution in [0.4, 0.5) is 5.69 Å². The van der Waals surface area contributed by atoms with Crippen LogP contribution in [0.5, 0.6) is 5.75 Å². The van der Waals surface area contributed by atoms with Crippen LogP contribution >= 0.6 is 11.3 Å². The van der Waals surface area contributed by atoms with Crippen molar-refractivity contribution in [1.82, 2.24) is 9.80 Å². The highest BCUT2D eigenvalue weighted by molar-refractivity contribution is 7.10. The molecule has 30 heavy (non-hydrogen) atoms. The summed E-state index contributed by atoms with van der Waals surface area (Å²) in [6, 6.07) is 10.7. The minimum atomic E-state index is 0.195. The summed E-state index contributed by atoms with van der Waals surface area (Å²) < 4.78 is 5.85. The number of likely N-dealkylation sites (tertiary alicyclic amines) is 1. The van der Waals surface area contributed by atoms with E-state index in [0.29, 0.717) is 12.3 Å². The standard InChI is InChI=1S/C24H33N3O2S/c1-19(2)29-22-7-5-6-21(15-22)26-12-10-25(11-13-26)17-23-14-20(18-30-23)16-27-9-4-3-8-24(27)28/h5-7,14-15,18-19H,3-4,8-13,16-17H2,1-2H3. The number of piperidine rings is 1. The van der Waals surface area contributed by atoms with E-state index in [1.807, 2.05) is 22.3 Å². The van der Waals surface area contributed by atoms with Gasteiger partial charge in [-0.2, -0.15) is 0 Å². The maximum absolute atomic E-state index is 12.1. The van der Waals surface area contributed by atoms with Crippen molar-refractivity contribution in [2.75, 3.05) is 37.6 Å². The van der Waals surface area contributed by atoms with Gasteiger partial charge in [0.15, 0.2) is 0 Å². The van der Waals surface area contributed by atoms with Crippen LogP contribution in [0.15, 0.2) is 35.7 Å². The molecule has 2 saturated heterocycles. The predicted octanol–water partition coefficient (Wildman–Crippen LogP) is 4.37. The molecule has 0 aliphatic carbocycles. The first-order valence-corrected chi connectivity index (χ1v) is 12.0. The molecule has 0 radical (unpaired) electrons. The molecule has 2 fully saturated rings. The molecule has 0 spiro atoms. The molecule has 5 nitrogen and oxygen atoms in total. The van der Waals surface area contributed by atoms with Crippen LogP contribution in [0.25, 0.3) is 0 Å². The van der Waals surface area contributed by atoms with Gasteiger partial charge in [-0.25, -0.2) is 0 Å². The van der Waals surface area contributed by atoms with Crippen molar-refractivity contribution in [2.45, 2.75) is 52.3 Å². The van der Waals surface area contributed by atoms with Gasteiger partial charge in [0, 0.05) is 68.9 Å². The lowest BCUT2D eigenvalue weighted by Crippen LogP contribution is -2.45. The third-order valence-corrected chi connectivity index (χ3v) is 6.78. The van der Waals surface area contributed by atoms with Crippen LogP contribution in [0, 0.1) is 0 Å². The number of rotatable bonds is 7. The third-order valence-electron chi connectivity index (χ3n) is 5.81. The van der Waals surface area contributed by atoms with Gasteiger partial charge in [-0.15, -0.1) is 11.3 Å². The number of amides is 1. The molecule has 4 rings (SSSR count). The Labute approximate surface area is 184 Å². The number of hydrogen-bond acceptors (Lipinski definition) is 5. The number of nitrogens with zero attached hydrogens (tertiary/aromatic N) is 3. The number of carbonyl (C=O) groups excluding carboxylic acids is 1. The molecule has 2 aliphatic heterocycles. The lowest BCUT2D eigenvalue weighted by Gasteiger charge is -2.36. The smallest absolute Gasteiger partial charge is 0.222 e. The van der Waals surface area contributed by atoms with Crippen molar-refractivity contribution in [3.8, 4) is 5.75 Å². The summed E-state index contributed by atoms with van der Waals surface area (Å²) in [5, 5.41) is 2.23. The van der Waals surface area contributed by atoms with Gasteiger partial charge in [0.1, 0.15) is 5.75 Å². The summed E-state index contributed by atoms with van der Waals surface area (Å²) in [5.41, 5.74) is 2.53. The number of carbonyl (C=O) groups is 1. The Morgan fingerprint density at radius 1 is 1.03 bits per heavy atom. The first-order valence-electron chi connectivity index (χ1n) is 11.1. The third kappa shape index (κ3) is 5.55. The second-order valence-electron chi connectivity index (χ2n) is 8.62. The van der Waals surface area contributed by atoms with E-state index in [1.165, 1.54) is 16.1 Å². The van der Waals surface area contributed by atoms with Crippen LogP contribution in [-0.4, -0.2) is 54.5 Å². The molecule has 0 atom stereocenters. The lowest BCUT2D eigenvalue weighted by molar-refractivity contribution is -0.133. The fourth-order valence-electron chi connectivity index (χ4n) is 4.25. The van der Waals surface area contributed by atoms with Gasteiger partial charge in [0.2, 0.25) is 5.91 Å². The molecule has 2 aromatic rings. The molecule has 0 unspecified atom stereocenters. The SMILES string of the molecule is CC(C)Oc1cccc(N2CCN(Cc3cc(CN4CCCCC4=O)cs3)CC2)c1. The van der Waals surface area contributed by atoms with Crippen molar-refractivity contribution in [2.24, 2.45) is 0 Å². The monoisotopic (exact) mass is 427 g/mol. The molecular formula is C24H33N3O2S. The molecule has 0 saturated carbocycles. The highest BCUT2D eigenvalue weighted by Crippen LogP contribution is 2.25. The van der Waals surface area contributed by atoms with Gasteiger partial charge < -0.3 is 14.5 Å². The van der Waals surface area contributed by atoms with Crippen molar-refractivity contribution < 1.29 is 9.53 Å². The number of ether oxygens (including phenoxy) is 1. The van der Waals surface area contributed by atoms with Crippen LogP contribution in [-0.2, 0) is 17.9 Å². The highest BCUT2D eigenvalue weighted by Gasteiger charge is 2.20. The van der Waals surface area contributed by atoms with Gasteiger partial charge in [-0.1, -0.05) is 6.07 Å². The maximum atomic E-state index is 12.1. The number of anilines is 1. The quantitative estimate of drug-likeness (QED) is 0.657. The van der Waals surface area contributed by atoms with E-state index in [2.05, 4.69) is 53.3 Å². The second-order valence-corrected chi connectivity index (χ2v) is 9.62. The second kappa shape index (κ2) is 9.84. The summed E-state index contributed by atoms with van der Waals surface area (Å²) in [5.74, 6) is 1.26. The lowest BCUT2D eigenvalue weighted by atomic mass is 10.1. The Kier molecular flexibility index (Phi) is 6.95. The largest absolute Gasteiger partial charge is 0.491 e. The average Bonchev–Trinajstić information content (AvgIpc) is 3.17. The van der Waals surface area contributed by atoms with E-state index in [1.54, 1.807) is 0 Å². The topological polar surface area (TPSA) is 36.0 Å². The fourth-order valence-corrected chi connectivity index (χ4v) is 5.17. The van der Waals surface area contributed by atoms with Crippen LogP contribution in [0.1, 0.15) is 43.6 Å². The zero-order valence-electron chi connectivity index (χ0n) is 18.2. The van der Waals surface area contributed by atoms with Gasteiger partial charge in [0.05, 0.1) is 6.10 Å². The first-order chi connectivity index (χ1) is 14.6. The molecule has 0 N–H and O–H groups in total. The zero-order valence-corrected chi connectivity index (χ0v) is 19.0. The summed E-state index contributed by atoms with van der Waals surface area (Å²) in [7, 11) is 0. The molecule has 2 aliphatic rings. The molecule has 3 heterocycles. The molecule has 6 heteroatoms. The van der Waals surface area contributed by atoms with Crippen LogP contribution in [0.2, 0.25) is 0 Å². The number of piperazine rings is 1. The summed E-state index contributed by atoms with van der Waals surface area (Å²) >= 11 is 1.83. The minimum Gasteiger partial charge on any atom is -0.491 e. The van der Waals surface area contributed by atoms with Crippen molar-refractivity contribution in [3.05, 3.63) is 46.2 Å². The van der Waals surface area contributed by atoms with Gasteiger partial charge >= 0.3 is 0 Å². The number of thiophene rings is 1. The van der Waals surface area contributed by atoms with E-state index in [4.69, 9.17) is 4.74 Å². The molecule has 0 bridgehead atoms. The van der Waals surface area contributed by atoms with E-state index >= 15 is 0 Å². The van der Waals surface area contributed by atoms with E-state index < -0.39 is 0 Å². The Morgan fingerprint density at radius 2 is 1.87 bits per heavy atom. The predicted molar refractivity (Wildman–Crippen MR) is 123 cm³/mol. The van der Waals surface area contributed by atoms with E-state index in [-0.39, 0.29) is 6.10 Å². The minimum absolute atomic E-state index is 0.195. The van der Waals surface area contributed by atoms with Crippen LogP contribution in [0.3, 0.4) is 0 Å². The van der Waals surface area contributed by atoms with Crippen molar-refractivity contribution in [3.63, 3.8) is 0 Å². The maximum Gasteiger partial charge on any atom is 0.222 e. The van der Waals surface area contributed by atoms with Gasteiger partial charge in [-0.3, -0.25) is 9.69 Å². The van der Waals surface area contributed by atoms with Gasteiger partial charge in [0.25, 0.3) is 0 Å². The van der Waals surface area contributed by atoms with E-state index in [9.17, 15) is 4.79 Å². The Morgan fingerprint density at radius 3 is 2.63 bits per heavy atom. The average molecular weight is 428 g/mol. The highest BCUT2D eigenvalue weighted by atomic mass is 32.1. The summed E-state index contributed by atoms with van der Waals surface area (Å²) in [6.45, 7) is 11.0. The van der Waals surface area contributed by atoms with Crippen molar-refractivity contribution in [1.29, 1.82) is 0 Å². The molecule has 162 valence electrons.